The van der Waals surface area contributed by atoms with Gasteiger partial charge in [0.1, 0.15) is 5.01 Å². The molecule has 1 fully saturated rings. The lowest BCUT2D eigenvalue weighted by atomic mass is 10.1. The Morgan fingerprint density at radius 2 is 2.23 bits per heavy atom. The number of nitrogens with one attached hydrogen (secondary N) is 1. The van der Waals surface area contributed by atoms with E-state index < -0.39 is 0 Å². The molecule has 4 heteroatoms. The Kier molecular flexibility index (Phi) is 2.36. The average Bonchev–Trinajstić information content (AvgIpc) is 2.60. The SMILES string of the molecule is Cc1nc(C2CNCC2O)sc1C. The Morgan fingerprint density at radius 1 is 1.46 bits per heavy atom. The van der Waals surface area contributed by atoms with Crippen LogP contribution in [0.15, 0.2) is 0 Å². The summed E-state index contributed by atoms with van der Waals surface area (Å²) in [5, 5.41) is 13.9. The van der Waals surface area contributed by atoms with E-state index in [1.165, 1.54) is 4.88 Å². The molecule has 2 unspecified atom stereocenters. The third-order valence-corrected chi connectivity index (χ3v) is 3.75. The molecule has 3 nitrogen and oxygen atoms in total. The maximum atomic E-state index is 9.65. The van der Waals surface area contributed by atoms with Crippen LogP contribution in [0.4, 0.5) is 0 Å². The predicted molar refractivity (Wildman–Crippen MR) is 53.2 cm³/mol. The minimum Gasteiger partial charge on any atom is -0.391 e. The molecule has 0 bridgehead atoms. The van der Waals surface area contributed by atoms with Gasteiger partial charge >= 0.3 is 0 Å². The zero-order valence-corrected chi connectivity index (χ0v) is 8.69. The molecule has 13 heavy (non-hydrogen) atoms. The summed E-state index contributed by atoms with van der Waals surface area (Å²) in [5.74, 6) is 0.206. The molecule has 1 saturated heterocycles. The van der Waals surface area contributed by atoms with Crippen LogP contribution in [-0.2, 0) is 0 Å². The second-order valence-corrected chi connectivity index (χ2v) is 4.76. The summed E-state index contributed by atoms with van der Waals surface area (Å²) in [6.07, 6.45) is -0.259. The molecule has 0 aliphatic carbocycles. The number of hydrogen-bond acceptors (Lipinski definition) is 4. The van der Waals surface area contributed by atoms with Gasteiger partial charge in [0.15, 0.2) is 0 Å². The first-order valence-electron chi connectivity index (χ1n) is 4.51. The lowest BCUT2D eigenvalue weighted by Gasteiger charge is -2.08. The van der Waals surface area contributed by atoms with Gasteiger partial charge in [0.25, 0.3) is 0 Å². The van der Waals surface area contributed by atoms with Gasteiger partial charge in [-0.1, -0.05) is 0 Å². The van der Waals surface area contributed by atoms with Crippen LogP contribution in [0, 0.1) is 13.8 Å². The summed E-state index contributed by atoms with van der Waals surface area (Å²) in [4.78, 5) is 5.72. The maximum absolute atomic E-state index is 9.65. The van der Waals surface area contributed by atoms with Crippen molar-refractivity contribution in [1.82, 2.24) is 10.3 Å². The largest absolute Gasteiger partial charge is 0.391 e. The van der Waals surface area contributed by atoms with Crippen molar-refractivity contribution in [2.75, 3.05) is 13.1 Å². The van der Waals surface area contributed by atoms with Gasteiger partial charge in [-0.2, -0.15) is 0 Å². The smallest absolute Gasteiger partial charge is 0.100 e. The van der Waals surface area contributed by atoms with Crippen LogP contribution >= 0.6 is 11.3 Å². The fraction of sp³-hybridized carbons (Fsp3) is 0.667. The molecule has 2 atom stereocenters. The molecule has 0 saturated carbocycles. The van der Waals surface area contributed by atoms with Crippen LogP contribution in [0.1, 0.15) is 21.5 Å². The molecule has 1 aliphatic rings. The first-order valence-corrected chi connectivity index (χ1v) is 5.33. The number of nitrogens with zero attached hydrogens (tertiary/aromatic N) is 1. The number of aliphatic hydroxyl groups excluding tert-OH is 1. The van der Waals surface area contributed by atoms with Crippen LogP contribution in [0.5, 0.6) is 0 Å². The molecule has 0 radical (unpaired) electrons. The number of aromatic nitrogens is 1. The highest BCUT2D eigenvalue weighted by Gasteiger charge is 2.29. The second-order valence-electron chi connectivity index (χ2n) is 3.53. The van der Waals surface area contributed by atoms with Crippen molar-refractivity contribution in [2.45, 2.75) is 25.9 Å². The Hall–Kier alpha value is -0.450. The zero-order valence-electron chi connectivity index (χ0n) is 7.87. The van der Waals surface area contributed by atoms with Crippen LogP contribution in [-0.4, -0.2) is 29.3 Å². The van der Waals surface area contributed by atoms with Crippen molar-refractivity contribution in [1.29, 1.82) is 0 Å². The van der Waals surface area contributed by atoms with E-state index in [-0.39, 0.29) is 12.0 Å². The molecule has 0 spiro atoms. The predicted octanol–water partition coefficient (Wildman–Crippen LogP) is 0.808. The third kappa shape index (κ3) is 1.61. The van der Waals surface area contributed by atoms with Gasteiger partial charge in [-0.25, -0.2) is 4.98 Å². The first-order chi connectivity index (χ1) is 6.18. The number of β-amino-alcohol motifs (C(OH)–C–C–N with tert-alkyl or cyclic N) is 1. The minimum absolute atomic E-state index is 0.206. The summed E-state index contributed by atoms with van der Waals surface area (Å²) in [7, 11) is 0. The fourth-order valence-electron chi connectivity index (χ4n) is 1.57. The van der Waals surface area contributed by atoms with Gasteiger partial charge in [0.2, 0.25) is 0 Å². The van der Waals surface area contributed by atoms with Gasteiger partial charge < -0.3 is 10.4 Å². The normalized spacial score (nSPS) is 28.2. The number of thiazole rings is 1. The van der Waals surface area contributed by atoms with Crippen molar-refractivity contribution in [3.63, 3.8) is 0 Å². The van der Waals surface area contributed by atoms with E-state index in [9.17, 15) is 5.11 Å². The van der Waals surface area contributed by atoms with Crippen LogP contribution in [0.3, 0.4) is 0 Å². The van der Waals surface area contributed by atoms with Crippen LogP contribution < -0.4 is 5.32 Å². The fourth-order valence-corrected chi connectivity index (χ4v) is 2.65. The van der Waals surface area contributed by atoms with Gasteiger partial charge in [0.05, 0.1) is 17.7 Å². The van der Waals surface area contributed by atoms with E-state index in [0.29, 0.717) is 6.54 Å². The number of aryl methyl sites for hydroxylation is 2. The van der Waals surface area contributed by atoms with E-state index in [4.69, 9.17) is 0 Å². The van der Waals surface area contributed by atoms with Gasteiger partial charge in [-0.15, -0.1) is 11.3 Å². The Labute approximate surface area is 81.8 Å². The maximum Gasteiger partial charge on any atom is 0.100 e. The van der Waals surface area contributed by atoms with Crippen LogP contribution in [0.2, 0.25) is 0 Å². The van der Waals surface area contributed by atoms with Crippen molar-refractivity contribution in [3.8, 4) is 0 Å². The van der Waals surface area contributed by atoms with E-state index in [2.05, 4.69) is 17.2 Å². The van der Waals surface area contributed by atoms with Crippen molar-refractivity contribution < 1.29 is 5.11 Å². The molecule has 1 aliphatic heterocycles. The number of hydrogen-bond donors (Lipinski definition) is 2. The monoisotopic (exact) mass is 198 g/mol. The van der Waals surface area contributed by atoms with Crippen molar-refractivity contribution in [2.24, 2.45) is 0 Å². The molecule has 0 aromatic carbocycles. The summed E-state index contributed by atoms with van der Waals surface area (Å²) in [6.45, 7) is 5.64. The van der Waals surface area contributed by atoms with Crippen LogP contribution in [0.25, 0.3) is 0 Å². The topological polar surface area (TPSA) is 45.2 Å². The van der Waals surface area contributed by atoms with Gasteiger partial charge in [0, 0.05) is 18.0 Å². The van der Waals surface area contributed by atoms with E-state index in [1.54, 1.807) is 11.3 Å². The molecule has 2 N–H and O–H groups in total. The Balaban J connectivity index is 2.24. The molecule has 2 rings (SSSR count). The lowest BCUT2D eigenvalue weighted by molar-refractivity contribution is 0.177. The van der Waals surface area contributed by atoms with Crippen molar-refractivity contribution >= 4 is 11.3 Å². The van der Waals surface area contributed by atoms with E-state index in [1.807, 2.05) is 6.92 Å². The lowest BCUT2D eigenvalue weighted by Crippen LogP contribution is -2.15. The highest BCUT2D eigenvalue weighted by molar-refractivity contribution is 7.11. The van der Waals surface area contributed by atoms with Crippen molar-refractivity contribution in [3.05, 3.63) is 15.6 Å². The van der Waals surface area contributed by atoms with E-state index in [0.717, 1.165) is 17.2 Å². The summed E-state index contributed by atoms with van der Waals surface area (Å²) >= 11 is 1.70. The van der Waals surface area contributed by atoms with E-state index >= 15 is 0 Å². The molecule has 1 aromatic rings. The quantitative estimate of drug-likeness (QED) is 0.702. The summed E-state index contributed by atoms with van der Waals surface area (Å²) in [6, 6.07) is 0. The summed E-state index contributed by atoms with van der Waals surface area (Å²) < 4.78 is 0. The second kappa shape index (κ2) is 3.36. The Morgan fingerprint density at radius 3 is 2.69 bits per heavy atom. The molecular formula is C9H14N2OS. The summed E-state index contributed by atoms with van der Waals surface area (Å²) in [5.41, 5.74) is 1.10. The Bertz CT molecular complexity index is 291. The number of aliphatic hydroxyl groups is 1. The highest BCUT2D eigenvalue weighted by Crippen LogP contribution is 2.28. The average molecular weight is 198 g/mol. The molecular weight excluding hydrogens is 184 g/mol. The standard InChI is InChI=1S/C9H14N2OS/c1-5-6(2)13-9(11-5)7-3-10-4-8(7)12/h7-8,10,12H,3-4H2,1-2H3. The minimum atomic E-state index is -0.259. The first kappa shape index (κ1) is 9.12. The zero-order chi connectivity index (χ0) is 9.42. The molecule has 2 heterocycles. The molecule has 1 aromatic heterocycles. The number of rotatable bonds is 1. The van der Waals surface area contributed by atoms with Gasteiger partial charge in [-0.3, -0.25) is 0 Å². The highest BCUT2D eigenvalue weighted by atomic mass is 32.1. The molecule has 72 valence electrons. The molecule has 0 amide bonds. The third-order valence-electron chi connectivity index (χ3n) is 2.54. The van der Waals surface area contributed by atoms with Gasteiger partial charge in [-0.05, 0) is 13.8 Å².